The zero-order valence-electron chi connectivity index (χ0n) is 16.8. The second-order valence-corrected chi connectivity index (χ2v) is 7.65. The summed E-state index contributed by atoms with van der Waals surface area (Å²) in [6.07, 6.45) is 5.28. The predicted octanol–water partition coefficient (Wildman–Crippen LogP) is 3.66. The standard InChI is InChI=1S/C22H31N3O3/c1-2-28-22(26)25-10-6-5-9-21(25)19-17-24(20-8-4-3-7-18(19)20)12-11-23-13-15-27-16-14-23/h3-4,7-8,17,21H,2,5-6,9-16H2,1H3. The molecular formula is C22H31N3O3. The van der Waals surface area contributed by atoms with Crippen LogP contribution < -0.4 is 0 Å². The molecule has 0 aliphatic carbocycles. The van der Waals surface area contributed by atoms with Gasteiger partial charge in [0.15, 0.2) is 0 Å². The largest absolute Gasteiger partial charge is 0.450 e. The molecule has 0 radical (unpaired) electrons. The number of fused-ring (bicyclic) bond motifs is 1. The van der Waals surface area contributed by atoms with E-state index in [1.165, 1.54) is 16.5 Å². The van der Waals surface area contributed by atoms with Crippen LogP contribution in [0.15, 0.2) is 30.5 Å². The first-order valence-corrected chi connectivity index (χ1v) is 10.6. The molecule has 3 heterocycles. The number of carbonyl (C=O) groups excluding carboxylic acids is 1. The first kappa shape index (κ1) is 19.3. The zero-order valence-corrected chi connectivity index (χ0v) is 16.8. The molecule has 1 unspecified atom stereocenters. The summed E-state index contributed by atoms with van der Waals surface area (Å²) in [6.45, 7) is 8.70. The van der Waals surface area contributed by atoms with Gasteiger partial charge in [-0.05, 0) is 32.3 Å². The molecule has 1 amide bonds. The van der Waals surface area contributed by atoms with Crippen molar-refractivity contribution in [3.05, 3.63) is 36.0 Å². The van der Waals surface area contributed by atoms with Crippen molar-refractivity contribution in [1.29, 1.82) is 0 Å². The number of morpholine rings is 1. The molecule has 4 rings (SSSR count). The molecule has 2 aliphatic rings. The molecule has 2 aliphatic heterocycles. The molecule has 0 spiro atoms. The van der Waals surface area contributed by atoms with Gasteiger partial charge in [0, 0.05) is 55.4 Å². The van der Waals surface area contributed by atoms with Crippen LogP contribution in [0.25, 0.3) is 10.9 Å². The number of hydrogen-bond donors (Lipinski definition) is 0. The molecule has 1 aromatic heterocycles. The Hall–Kier alpha value is -2.05. The Morgan fingerprint density at radius 2 is 1.96 bits per heavy atom. The topological polar surface area (TPSA) is 46.9 Å². The third-order valence-corrected chi connectivity index (χ3v) is 5.94. The third kappa shape index (κ3) is 4.03. The van der Waals surface area contributed by atoms with Crippen molar-refractivity contribution in [3.8, 4) is 0 Å². The minimum absolute atomic E-state index is 0.0994. The number of amides is 1. The lowest BCUT2D eigenvalue weighted by Gasteiger charge is -2.34. The van der Waals surface area contributed by atoms with E-state index in [-0.39, 0.29) is 12.1 Å². The number of para-hydroxylation sites is 1. The van der Waals surface area contributed by atoms with E-state index in [0.717, 1.165) is 65.2 Å². The van der Waals surface area contributed by atoms with E-state index in [1.807, 2.05) is 11.8 Å². The third-order valence-electron chi connectivity index (χ3n) is 5.94. The first-order chi connectivity index (χ1) is 13.8. The lowest BCUT2D eigenvalue weighted by atomic mass is 9.95. The molecule has 0 bridgehead atoms. The Balaban J connectivity index is 1.60. The average Bonchev–Trinajstić information content (AvgIpc) is 3.12. The number of piperidine rings is 1. The molecule has 152 valence electrons. The van der Waals surface area contributed by atoms with Crippen LogP contribution in [0.2, 0.25) is 0 Å². The highest BCUT2D eigenvalue weighted by atomic mass is 16.6. The number of ether oxygens (including phenoxy) is 2. The van der Waals surface area contributed by atoms with Crippen LogP contribution in [0, 0.1) is 0 Å². The van der Waals surface area contributed by atoms with E-state index in [0.29, 0.717) is 6.61 Å². The molecule has 1 atom stereocenters. The Morgan fingerprint density at radius 1 is 1.14 bits per heavy atom. The highest BCUT2D eigenvalue weighted by Crippen LogP contribution is 2.36. The van der Waals surface area contributed by atoms with Gasteiger partial charge in [0.05, 0.1) is 25.9 Å². The van der Waals surface area contributed by atoms with Gasteiger partial charge in [-0.1, -0.05) is 18.2 Å². The van der Waals surface area contributed by atoms with Crippen molar-refractivity contribution in [2.75, 3.05) is 46.0 Å². The van der Waals surface area contributed by atoms with Crippen LogP contribution in [0.4, 0.5) is 4.79 Å². The second-order valence-electron chi connectivity index (χ2n) is 7.65. The average molecular weight is 386 g/mol. The first-order valence-electron chi connectivity index (χ1n) is 10.6. The maximum absolute atomic E-state index is 12.5. The molecule has 0 N–H and O–H groups in total. The van der Waals surface area contributed by atoms with Gasteiger partial charge in [-0.25, -0.2) is 4.79 Å². The minimum atomic E-state index is -0.183. The molecule has 0 saturated carbocycles. The van der Waals surface area contributed by atoms with Crippen molar-refractivity contribution in [3.63, 3.8) is 0 Å². The maximum atomic E-state index is 12.5. The van der Waals surface area contributed by atoms with Gasteiger partial charge >= 0.3 is 6.09 Å². The molecule has 6 nitrogen and oxygen atoms in total. The van der Waals surface area contributed by atoms with Crippen molar-refractivity contribution in [1.82, 2.24) is 14.4 Å². The van der Waals surface area contributed by atoms with E-state index in [1.54, 1.807) is 0 Å². The molecule has 2 saturated heterocycles. The van der Waals surface area contributed by atoms with Gasteiger partial charge in [-0.3, -0.25) is 4.90 Å². The molecule has 6 heteroatoms. The Labute approximate surface area is 167 Å². The fourth-order valence-corrected chi connectivity index (χ4v) is 4.48. The van der Waals surface area contributed by atoms with E-state index >= 15 is 0 Å². The molecule has 28 heavy (non-hydrogen) atoms. The van der Waals surface area contributed by atoms with E-state index in [2.05, 4.69) is 39.9 Å². The summed E-state index contributed by atoms with van der Waals surface area (Å²) in [7, 11) is 0. The molecule has 1 aromatic carbocycles. The normalized spacial score (nSPS) is 21.2. The van der Waals surface area contributed by atoms with Crippen LogP contribution in [-0.4, -0.2) is 66.5 Å². The number of benzene rings is 1. The molecule has 2 fully saturated rings. The van der Waals surface area contributed by atoms with E-state index in [9.17, 15) is 4.79 Å². The van der Waals surface area contributed by atoms with Crippen molar-refractivity contribution in [2.45, 2.75) is 38.8 Å². The van der Waals surface area contributed by atoms with E-state index in [4.69, 9.17) is 9.47 Å². The SMILES string of the molecule is CCOC(=O)N1CCCCC1c1cn(CCN2CCOCC2)c2ccccc12. The lowest BCUT2D eigenvalue weighted by Crippen LogP contribution is -2.39. The highest BCUT2D eigenvalue weighted by Gasteiger charge is 2.31. The molecule has 2 aromatic rings. The van der Waals surface area contributed by atoms with Crippen molar-refractivity contribution >= 4 is 17.0 Å². The smallest absolute Gasteiger partial charge is 0.410 e. The van der Waals surface area contributed by atoms with Gasteiger partial charge in [0.25, 0.3) is 0 Å². The number of hydrogen-bond acceptors (Lipinski definition) is 4. The lowest BCUT2D eigenvalue weighted by molar-refractivity contribution is 0.0365. The summed E-state index contributed by atoms with van der Waals surface area (Å²) in [5, 5.41) is 1.26. The number of rotatable bonds is 5. The van der Waals surface area contributed by atoms with Crippen molar-refractivity contribution in [2.24, 2.45) is 0 Å². The van der Waals surface area contributed by atoms with Crippen LogP contribution in [-0.2, 0) is 16.0 Å². The monoisotopic (exact) mass is 385 g/mol. The fourth-order valence-electron chi connectivity index (χ4n) is 4.48. The molecular weight excluding hydrogens is 354 g/mol. The van der Waals surface area contributed by atoms with Gasteiger partial charge in [-0.2, -0.15) is 0 Å². The summed E-state index contributed by atoms with van der Waals surface area (Å²) in [6, 6.07) is 8.67. The summed E-state index contributed by atoms with van der Waals surface area (Å²) in [5.41, 5.74) is 2.51. The zero-order chi connectivity index (χ0) is 19.3. The predicted molar refractivity (Wildman–Crippen MR) is 110 cm³/mol. The Morgan fingerprint density at radius 3 is 2.79 bits per heavy atom. The highest BCUT2D eigenvalue weighted by molar-refractivity contribution is 5.85. The van der Waals surface area contributed by atoms with Crippen LogP contribution in [0.1, 0.15) is 37.8 Å². The van der Waals surface area contributed by atoms with Crippen LogP contribution in [0.5, 0.6) is 0 Å². The fraction of sp³-hybridized carbons (Fsp3) is 0.591. The van der Waals surface area contributed by atoms with E-state index < -0.39 is 0 Å². The van der Waals surface area contributed by atoms with Gasteiger partial charge in [0.2, 0.25) is 0 Å². The second kappa shape index (κ2) is 8.97. The Kier molecular flexibility index (Phi) is 6.17. The summed E-state index contributed by atoms with van der Waals surface area (Å²) in [5.74, 6) is 0. The van der Waals surface area contributed by atoms with Gasteiger partial charge in [0.1, 0.15) is 0 Å². The summed E-state index contributed by atoms with van der Waals surface area (Å²) < 4.78 is 13.2. The number of aromatic nitrogens is 1. The summed E-state index contributed by atoms with van der Waals surface area (Å²) >= 11 is 0. The van der Waals surface area contributed by atoms with Crippen LogP contribution >= 0.6 is 0 Å². The Bertz CT molecular complexity index is 797. The van der Waals surface area contributed by atoms with Crippen LogP contribution in [0.3, 0.4) is 0 Å². The van der Waals surface area contributed by atoms with Gasteiger partial charge < -0.3 is 18.9 Å². The number of nitrogens with zero attached hydrogens (tertiary/aromatic N) is 3. The minimum Gasteiger partial charge on any atom is -0.450 e. The number of likely N-dealkylation sites (tertiary alicyclic amines) is 1. The maximum Gasteiger partial charge on any atom is 0.410 e. The number of carbonyl (C=O) groups is 1. The van der Waals surface area contributed by atoms with Crippen molar-refractivity contribution < 1.29 is 14.3 Å². The summed E-state index contributed by atoms with van der Waals surface area (Å²) in [4.78, 5) is 16.9. The van der Waals surface area contributed by atoms with Gasteiger partial charge in [-0.15, -0.1) is 0 Å². The quantitative estimate of drug-likeness (QED) is 0.788.